The molecular formula is C15H25N3O. The van der Waals surface area contributed by atoms with Gasteiger partial charge in [0, 0.05) is 25.7 Å². The zero-order chi connectivity index (χ0) is 13.1. The highest BCUT2D eigenvalue weighted by Gasteiger charge is 2.36. The van der Waals surface area contributed by atoms with Gasteiger partial charge in [-0.3, -0.25) is 4.90 Å². The Morgan fingerprint density at radius 2 is 2.16 bits per heavy atom. The molecule has 2 heterocycles. The molecule has 19 heavy (non-hydrogen) atoms. The Bertz CT molecular complexity index is 392. The number of hydrogen-bond acceptors (Lipinski definition) is 4. The highest BCUT2D eigenvalue weighted by atomic mass is 16.5. The fourth-order valence-corrected chi connectivity index (χ4v) is 3.59. The summed E-state index contributed by atoms with van der Waals surface area (Å²) in [5.41, 5.74) is 1.03. The van der Waals surface area contributed by atoms with Gasteiger partial charge in [0.15, 0.2) is 5.76 Å². The van der Waals surface area contributed by atoms with Crippen LogP contribution in [0.25, 0.3) is 0 Å². The minimum absolute atomic E-state index is 0.822. The SMILES string of the molecule is CCCNCc1cc(CN2CC3CCCC3C2)on1. The van der Waals surface area contributed by atoms with E-state index in [4.69, 9.17) is 4.52 Å². The maximum atomic E-state index is 5.45. The van der Waals surface area contributed by atoms with Gasteiger partial charge >= 0.3 is 0 Å². The molecule has 3 rings (SSSR count). The minimum atomic E-state index is 0.822. The topological polar surface area (TPSA) is 41.3 Å². The molecule has 0 bridgehead atoms. The molecule has 0 spiro atoms. The van der Waals surface area contributed by atoms with Crippen molar-refractivity contribution in [3.05, 3.63) is 17.5 Å². The number of nitrogens with one attached hydrogen (secondary N) is 1. The van der Waals surface area contributed by atoms with E-state index in [9.17, 15) is 0 Å². The molecule has 1 saturated carbocycles. The summed E-state index contributed by atoms with van der Waals surface area (Å²) >= 11 is 0. The van der Waals surface area contributed by atoms with Gasteiger partial charge in [0.2, 0.25) is 0 Å². The van der Waals surface area contributed by atoms with Crippen LogP contribution < -0.4 is 5.32 Å². The van der Waals surface area contributed by atoms with Crippen molar-refractivity contribution in [2.45, 2.75) is 45.7 Å². The Balaban J connectivity index is 1.47. The molecule has 1 aromatic heterocycles. The van der Waals surface area contributed by atoms with Gasteiger partial charge in [0.25, 0.3) is 0 Å². The van der Waals surface area contributed by atoms with E-state index in [-0.39, 0.29) is 0 Å². The molecule has 4 heteroatoms. The smallest absolute Gasteiger partial charge is 0.151 e. The van der Waals surface area contributed by atoms with Gasteiger partial charge in [0.05, 0.1) is 12.2 Å². The summed E-state index contributed by atoms with van der Waals surface area (Å²) in [5.74, 6) is 2.93. The van der Waals surface area contributed by atoms with Crippen LogP contribution in [-0.2, 0) is 13.1 Å². The highest BCUT2D eigenvalue weighted by molar-refractivity contribution is 5.06. The van der Waals surface area contributed by atoms with Crippen molar-refractivity contribution in [1.82, 2.24) is 15.4 Å². The van der Waals surface area contributed by atoms with Crippen LogP contribution in [0.3, 0.4) is 0 Å². The van der Waals surface area contributed by atoms with Crippen LogP contribution in [0.4, 0.5) is 0 Å². The van der Waals surface area contributed by atoms with Crippen LogP contribution in [0.1, 0.15) is 44.1 Å². The first kappa shape index (κ1) is 13.1. The molecule has 106 valence electrons. The molecule has 1 aliphatic heterocycles. The van der Waals surface area contributed by atoms with Gasteiger partial charge in [-0.1, -0.05) is 18.5 Å². The summed E-state index contributed by atoms with van der Waals surface area (Å²) in [4.78, 5) is 2.54. The molecule has 0 aromatic carbocycles. The Morgan fingerprint density at radius 1 is 1.37 bits per heavy atom. The van der Waals surface area contributed by atoms with Crippen molar-refractivity contribution in [3.8, 4) is 0 Å². The van der Waals surface area contributed by atoms with E-state index in [0.29, 0.717) is 0 Å². The molecule has 1 saturated heterocycles. The average molecular weight is 263 g/mol. The summed E-state index contributed by atoms with van der Waals surface area (Å²) in [7, 11) is 0. The van der Waals surface area contributed by atoms with E-state index in [2.05, 4.69) is 28.4 Å². The van der Waals surface area contributed by atoms with Crippen molar-refractivity contribution in [1.29, 1.82) is 0 Å². The van der Waals surface area contributed by atoms with Gasteiger partial charge in [-0.05, 0) is 37.6 Å². The summed E-state index contributed by atoms with van der Waals surface area (Å²) in [5, 5.41) is 7.49. The van der Waals surface area contributed by atoms with Crippen molar-refractivity contribution >= 4 is 0 Å². The van der Waals surface area contributed by atoms with Gasteiger partial charge < -0.3 is 9.84 Å². The van der Waals surface area contributed by atoms with Gasteiger partial charge in [-0.25, -0.2) is 0 Å². The number of nitrogens with zero attached hydrogens (tertiary/aromatic N) is 2. The van der Waals surface area contributed by atoms with Crippen LogP contribution >= 0.6 is 0 Å². The third kappa shape index (κ3) is 3.18. The Morgan fingerprint density at radius 3 is 2.89 bits per heavy atom. The average Bonchev–Trinajstić information content (AvgIpc) is 3.06. The van der Waals surface area contributed by atoms with E-state index >= 15 is 0 Å². The second kappa shape index (κ2) is 6.06. The fraction of sp³-hybridized carbons (Fsp3) is 0.800. The van der Waals surface area contributed by atoms with Crippen molar-refractivity contribution in [2.75, 3.05) is 19.6 Å². The van der Waals surface area contributed by atoms with Gasteiger partial charge in [-0.15, -0.1) is 0 Å². The lowest BCUT2D eigenvalue weighted by Gasteiger charge is -2.13. The molecule has 4 nitrogen and oxygen atoms in total. The molecular weight excluding hydrogens is 238 g/mol. The lowest BCUT2D eigenvalue weighted by Crippen LogP contribution is -2.20. The number of fused-ring (bicyclic) bond motifs is 1. The van der Waals surface area contributed by atoms with Gasteiger partial charge in [0.1, 0.15) is 0 Å². The van der Waals surface area contributed by atoms with Crippen LogP contribution in [-0.4, -0.2) is 29.7 Å². The first-order valence-corrected chi connectivity index (χ1v) is 7.72. The summed E-state index contributed by atoms with van der Waals surface area (Å²) in [6, 6.07) is 2.11. The second-order valence-electron chi connectivity index (χ2n) is 6.11. The number of rotatable bonds is 6. The Hall–Kier alpha value is -0.870. The summed E-state index contributed by atoms with van der Waals surface area (Å²) in [6.45, 7) is 7.49. The number of aromatic nitrogens is 1. The van der Waals surface area contributed by atoms with E-state index in [1.54, 1.807) is 0 Å². The predicted octanol–water partition coefficient (Wildman–Crippen LogP) is 2.41. The standard InChI is InChI=1S/C15H25N3O/c1-2-6-16-8-14-7-15(19-17-14)11-18-9-12-4-3-5-13(12)10-18/h7,12-13,16H,2-6,8-11H2,1H3. The quantitative estimate of drug-likeness (QED) is 0.800. The van der Waals surface area contributed by atoms with E-state index in [1.807, 2.05) is 0 Å². The molecule has 0 radical (unpaired) electrons. The lowest BCUT2D eigenvalue weighted by molar-refractivity contribution is 0.257. The molecule has 2 aliphatic rings. The fourth-order valence-electron chi connectivity index (χ4n) is 3.59. The largest absolute Gasteiger partial charge is 0.360 e. The molecule has 1 aliphatic carbocycles. The van der Waals surface area contributed by atoms with Crippen LogP contribution in [0.15, 0.2) is 10.6 Å². The lowest BCUT2D eigenvalue weighted by atomic mass is 10.0. The first-order chi connectivity index (χ1) is 9.35. The highest BCUT2D eigenvalue weighted by Crippen LogP contribution is 2.38. The number of hydrogen-bond donors (Lipinski definition) is 1. The molecule has 2 fully saturated rings. The van der Waals surface area contributed by atoms with Crippen molar-refractivity contribution < 1.29 is 4.52 Å². The molecule has 1 aromatic rings. The van der Waals surface area contributed by atoms with Crippen LogP contribution in [0.5, 0.6) is 0 Å². The van der Waals surface area contributed by atoms with E-state index < -0.39 is 0 Å². The summed E-state index contributed by atoms with van der Waals surface area (Å²) in [6.07, 6.45) is 5.47. The van der Waals surface area contributed by atoms with E-state index in [1.165, 1.54) is 32.4 Å². The van der Waals surface area contributed by atoms with Crippen molar-refractivity contribution in [2.24, 2.45) is 11.8 Å². The molecule has 0 amide bonds. The Labute approximate surface area is 115 Å². The number of likely N-dealkylation sites (tertiary alicyclic amines) is 1. The monoisotopic (exact) mass is 263 g/mol. The molecule has 2 atom stereocenters. The zero-order valence-corrected chi connectivity index (χ0v) is 11.9. The second-order valence-corrected chi connectivity index (χ2v) is 6.11. The van der Waals surface area contributed by atoms with Crippen molar-refractivity contribution in [3.63, 3.8) is 0 Å². The van der Waals surface area contributed by atoms with Crippen LogP contribution in [0.2, 0.25) is 0 Å². The Kier molecular flexibility index (Phi) is 4.18. The van der Waals surface area contributed by atoms with Crippen LogP contribution in [0, 0.1) is 11.8 Å². The zero-order valence-electron chi connectivity index (χ0n) is 11.9. The third-order valence-corrected chi connectivity index (χ3v) is 4.52. The normalized spacial score (nSPS) is 27.0. The maximum Gasteiger partial charge on any atom is 0.151 e. The molecule has 2 unspecified atom stereocenters. The third-order valence-electron chi connectivity index (χ3n) is 4.52. The maximum absolute atomic E-state index is 5.45. The molecule has 1 N–H and O–H groups in total. The predicted molar refractivity (Wildman–Crippen MR) is 74.6 cm³/mol. The van der Waals surface area contributed by atoms with Gasteiger partial charge in [-0.2, -0.15) is 0 Å². The summed E-state index contributed by atoms with van der Waals surface area (Å²) < 4.78 is 5.45. The van der Waals surface area contributed by atoms with E-state index in [0.717, 1.165) is 49.3 Å². The first-order valence-electron chi connectivity index (χ1n) is 7.72. The minimum Gasteiger partial charge on any atom is -0.360 e.